The Morgan fingerprint density at radius 2 is 2.09 bits per heavy atom. The summed E-state index contributed by atoms with van der Waals surface area (Å²) in [4.78, 5) is 24.3. The second-order valence-electron chi connectivity index (χ2n) is 5.13. The summed E-state index contributed by atoms with van der Waals surface area (Å²) >= 11 is 5.72. The fraction of sp³-hybridized carbons (Fsp3) is 0.333. The van der Waals surface area contributed by atoms with Gasteiger partial charge in [-0.25, -0.2) is 0 Å². The van der Waals surface area contributed by atoms with Gasteiger partial charge >= 0.3 is 0 Å². The van der Waals surface area contributed by atoms with Gasteiger partial charge in [-0.1, -0.05) is 11.6 Å². The number of nitrogens with zero attached hydrogens (tertiary/aromatic N) is 3. The molecule has 1 heterocycles. The first-order chi connectivity index (χ1) is 11.0. The molecule has 7 nitrogen and oxygen atoms in total. The van der Waals surface area contributed by atoms with Crippen LogP contribution in [0.3, 0.4) is 0 Å². The number of benzene rings is 1. The minimum absolute atomic E-state index is 0.0163. The predicted octanol–water partition coefficient (Wildman–Crippen LogP) is 3.08. The lowest BCUT2D eigenvalue weighted by Gasteiger charge is -2.25. The minimum Gasteiger partial charge on any atom is -0.376 e. The van der Waals surface area contributed by atoms with Gasteiger partial charge < -0.3 is 10.2 Å². The average molecular weight is 335 g/mol. The third-order valence-electron chi connectivity index (χ3n) is 3.47. The molecule has 1 fully saturated rings. The van der Waals surface area contributed by atoms with Crippen LogP contribution < -0.4 is 5.32 Å². The Labute approximate surface area is 138 Å². The molecule has 8 heteroatoms. The van der Waals surface area contributed by atoms with Crippen molar-refractivity contribution in [2.24, 2.45) is 0 Å². The van der Waals surface area contributed by atoms with Crippen molar-refractivity contribution in [2.75, 3.05) is 18.4 Å². The van der Waals surface area contributed by atoms with E-state index in [4.69, 9.17) is 16.9 Å². The van der Waals surface area contributed by atoms with Crippen LogP contribution in [0.15, 0.2) is 30.0 Å². The Morgan fingerprint density at radius 1 is 1.39 bits per heavy atom. The lowest BCUT2D eigenvalue weighted by molar-refractivity contribution is -0.384. The van der Waals surface area contributed by atoms with Crippen LogP contribution in [0, 0.1) is 21.4 Å². The van der Waals surface area contributed by atoms with E-state index in [9.17, 15) is 14.9 Å². The van der Waals surface area contributed by atoms with E-state index < -0.39 is 10.8 Å². The number of hydrogen-bond acceptors (Lipinski definition) is 5. The third kappa shape index (κ3) is 4.44. The van der Waals surface area contributed by atoms with E-state index in [1.807, 2.05) is 11.0 Å². The second kappa shape index (κ2) is 7.61. The van der Waals surface area contributed by atoms with Crippen molar-refractivity contribution in [1.82, 2.24) is 4.90 Å². The molecule has 0 spiro atoms. The minimum atomic E-state index is -0.632. The molecular weight excluding hydrogens is 320 g/mol. The van der Waals surface area contributed by atoms with Gasteiger partial charge in [0.25, 0.3) is 11.6 Å². The van der Waals surface area contributed by atoms with Gasteiger partial charge in [-0.3, -0.25) is 14.9 Å². The number of amides is 1. The Balaban J connectivity index is 2.13. The summed E-state index contributed by atoms with van der Waals surface area (Å²) < 4.78 is 0. The number of likely N-dealkylation sites (tertiary alicyclic amines) is 1. The average Bonchev–Trinajstić information content (AvgIpc) is 2.55. The fourth-order valence-corrected chi connectivity index (χ4v) is 2.48. The Kier molecular flexibility index (Phi) is 5.55. The van der Waals surface area contributed by atoms with Crippen molar-refractivity contribution in [3.8, 4) is 6.07 Å². The summed E-state index contributed by atoms with van der Waals surface area (Å²) in [6, 6.07) is 5.81. The summed E-state index contributed by atoms with van der Waals surface area (Å²) in [6.07, 6.45) is 4.74. The zero-order chi connectivity index (χ0) is 16.8. The summed E-state index contributed by atoms with van der Waals surface area (Å²) in [6.45, 7) is 1.62. The molecule has 1 aromatic carbocycles. The molecule has 1 aliphatic rings. The molecule has 1 amide bonds. The van der Waals surface area contributed by atoms with Crippen LogP contribution in [0.5, 0.6) is 0 Å². The van der Waals surface area contributed by atoms with Crippen LogP contribution in [0.25, 0.3) is 0 Å². The van der Waals surface area contributed by atoms with E-state index in [-0.39, 0.29) is 22.0 Å². The lowest BCUT2D eigenvalue weighted by atomic mass is 10.1. The number of carbonyl (C=O) groups excluding carboxylic acids is 1. The standard InChI is InChI=1S/C15H15ClN4O3/c16-13-5-4-12(8-14(13)20(22)23)18-15(21)11(9-17)10-19-6-2-1-3-7-19/h4-5,8,10H,1-3,6-7H2,(H,18,21)/b11-10-. The molecule has 0 aliphatic carbocycles. The number of nitriles is 1. The molecule has 23 heavy (non-hydrogen) atoms. The monoisotopic (exact) mass is 334 g/mol. The van der Waals surface area contributed by atoms with Gasteiger partial charge in [-0.05, 0) is 31.4 Å². The van der Waals surface area contributed by atoms with Gasteiger partial charge in [0.1, 0.15) is 16.7 Å². The summed E-state index contributed by atoms with van der Waals surface area (Å²) in [7, 11) is 0. The molecule has 1 N–H and O–H groups in total. The number of halogens is 1. The van der Waals surface area contributed by atoms with Crippen molar-refractivity contribution in [3.63, 3.8) is 0 Å². The van der Waals surface area contributed by atoms with Gasteiger partial charge in [0.15, 0.2) is 0 Å². The number of piperidine rings is 1. The molecule has 0 saturated carbocycles. The Hall–Kier alpha value is -2.59. The van der Waals surface area contributed by atoms with Crippen LogP contribution in [-0.2, 0) is 4.79 Å². The highest BCUT2D eigenvalue weighted by molar-refractivity contribution is 6.32. The maximum absolute atomic E-state index is 12.2. The van der Waals surface area contributed by atoms with Crippen molar-refractivity contribution in [1.29, 1.82) is 5.26 Å². The Morgan fingerprint density at radius 3 is 2.70 bits per heavy atom. The van der Waals surface area contributed by atoms with Gasteiger partial charge in [-0.2, -0.15) is 5.26 Å². The zero-order valence-corrected chi connectivity index (χ0v) is 13.0. The lowest BCUT2D eigenvalue weighted by Crippen LogP contribution is -2.26. The number of nitro benzene ring substituents is 1. The summed E-state index contributed by atoms with van der Waals surface area (Å²) in [5.74, 6) is -0.602. The molecule has 2 rings (SSSR count). The molecular formula is C15H15ClN4O3. The highest BCUT2D eigenvalue weighted by Crippen LogP contribution is 2.27. The van der Waals surface area contributed by atoms with Crippen LogP contribution in [0.4, 0.5) is 11.4 Å². The molecule has 1 saturated heterocycles. The van der Waals surface area contributed by atoms with Crippen molar-refractivity contribution >= 4 is 28.9 Å². The topological polar surface area (TPSA) is 99.3 Å². The largest absolute Gasteiger partial charge is 0.376 e. The first-order valence-electron chi connectivity index (χ1n) is 7.12. The van der Waals surface area contributed by atoms with E-state index >= 15 is 0 Å². The molecule has 0 atom stereocenters. The molecule has 0 radical (unpaired) electrons. The molecule has 120 valence electrons. The predicted molar refractivity (Wildman–Crippen MR) is 85.9 cm³/mol. The van der Waals surface area contributed by atoms with E-state index in [1.165, 1.54) is 12.1 Å². The van der Waals surface area contributed by atoms with E-state index in [2.05, 4.69) is 5.32 Å². The fourth-order valence-electron chi connectivity index (χ4n) is 2.30. The molecule has 0 bridgehead atoms. The molecule has 0 aromatic heterocycles. The highest BCUT2D eigenvalue weighted by Gasteiger charge is 2.17. The maximum Gasteiger partial charge on any atom is 0.289 e. The summed E-state index contributed by atoms with van der Waals surface area (Å²) in [5.41, 5.74) is -0.126. The van der Waals surface area contributed by atoms with E-state index in [1.54, 1.807) is 6.20 Å². The normalized spacial score (nSPS) is 15.0. The third-order valence-corrected chi connectivity index (χ3v) is 3.79. The molecule has 0 unspecified atom stereocenters. The van der Waals surface area contributed by atoms with Gasteiger partial charge in [0, 0.05) is 31.0 Å². The molecule has 1 aliphatic heterocycles. The smallest absolute Gasteiger partial charge is 0.289 e. The van der Waals surface area contributed by atoms with E-state index in [0.717, 1.165) is 38.4 Å². The van der Waals surface area contributed by atoms with Crippen LogP contribution in [-0.4, -0.2) is 28.8 Å². The zero-order valence-electron chi connectivity index (χ0n) is 12.3. The van der Waals surface area contributed by atoms with Gasteiger partial charge in [0.2, 0.25) is 0 Å². The van der Waals surface area contributed by atoms with Gasteiger partial charge in [0.05, 0.1) is 4.92 Å². The Bertz CT molecular complexity index is 690. The van der Waals surface area contributed by atoms with Crippen LogP contribution in [0.2, 0.25) is 5.02 Å². The van der Waals surface area contributed by atoms with Crippen molar-refractivity contribution in [3.05, 3.63) is 45.1 Å². The van der Waals surface area contributed by atoms with E-state index in [0.29, 0.717) is 0 Å². The quantitative estimate of drug-likeness (QED) is 0.395. The SMILES string of the molecule is N#C/C(=C/N1CCCCC1)C(=O)Nc1ccc(Cl)c([N+](=O)[O-])c1. The van der Waals surface area contributed by atoms with Gasteiger partial charge in [-0.15, -0.1) is 0 Å². The number of nitrogens with one attached hydrogen (secondary N) is 1. The molecule has 1 aromatic rings. The highest BCUT2D eigenvalue weighted by atomic mass is 35.5. The number of carbonyl (C=O) groups is 1. The number of anilines is 1. The van der Waals surface area contributed by atoms with Crippen LogP contribution >= 0.6 is 11.6 Å². The maximum atomic E-state index is 12.2. The first kappa shape index (κ1) is 16.8. The number of nitro groups is 1. The number of hydrogen-bond donors (Lipinski definition) is 1. The first-order valence-corrected chi connectivity index (χ1v) is 7.50. The second-order valence-corrected chi connectivity index (χ2v) is 5.54. The summed E-state index contributed by atoms with van der Waals surface area (Å²) in [5, 5.41) is 22.5. The number of rotatable bonds is 4. The van der Waals surface area contributed by atoms with Crippen molar-refractivity contribution in [2.45, 2.75) is 19.3 Å². The van der Waals surface area contributed by atoms with Crippen molar-refractivity contribution < 1.29 is 9.72 Å². The van der Waals surface area contributed by atoms with Crippen LogP contribution in [0.1, 0.15) is 19.3 Å².